The van der Waals surface area contributed by atoms with Gasteiger partial charge < -0.3 is 10.5 Å². The lowest BCUT2D eigenvalue weighted by molar-refractivity contribution is -0.0327. The van der Waals surface area contributed by atoms with Crippen molar-refractivity contribution in [3.63, 3.8) is 0 Å². The van der Waals surface area contributed by atoms with Crippen LogP contribution in [0.4, 0.5) is 18.9 Å². The third-order valence-electron chi connectivity index (χ3n) is 1.52. The van der Waals surface area contributed by atoms with Crippen molar-refractivity contribution in [2.75, 3.05) is 12.3 Å². The molecule has 0 spiro atoms. The van der Waals surface area contributed by atoms with Gasteiger partial charge in [-0.3, -0.25) is 0 Å². The molecule has 0 bridgehead atoms. The first-order valence-electron chi connectivity index (χ1n) is 4.20. The Labute approximate surface area is 89.6 Å². The summed E-state index contributed by atoms with van der Waals surface area (Å²) in [5.74, 6) is 0.387. The van der Waals surface area contributed by atoms with Crippen LogP contribution < -0.4 is 10.5 Å². The van der Waals surface area contributed by atoms with E-state index >= 15 is 0 Å². The maximum atomic E-state index is 12.1. The van der Waals surface area contributed by atoms with E-state index in [1.807, 2.05) is 0 Å². The van der Waals surface area contributed by atoms with Crippen molar-refractivity contribution < 1.29 is 17.9 Å². The predicted octanol–water partition coefficient (Wildman–Crippen LogP) is 3.28. The average Bonchev–Trinajstić information content (AvgIpc) is 2.09. The van der Waals surface area contributed by atoms with Gasteiger partial charge in [-0.25, -0.2) is 0 Å². The molecule has 2 nitrogen and oxygen atoms in total. The minimum absolute atomic E-state index is 0.0338. The van der Waals surface area contributed by atoms with Crippen LogP contribution in [0.25, 0.3) is 0 Å². The third-order valence-corrected chi connectivity index (χ3v) is 2.33. The molecule has 0 saturated carbocycles. The normalized spacial score (nSPS) is 11.5. The van der Waals surface area contributed by atoms with Gasteiger partial charge in [-0.1, -0.05) is 0 Å². The molecule has 0 unspecified atom stereocenters. The Morgan fingerprint density at radius 3 is 2.60 bits per heavy atom. The van der Waals surface area contributed by atoms with Crippen LogP contribution in [0, 0.1) is 0 Å². The van der Waals surface area contributed by atoms with Gasteiger partial charge in [0, 0.05) is 10.6 Å². The minimum Gasteiger partial charge on any atom is -0.494 e. The van der Waals surface area contributed by atoms with Crippen LogP contribution in [0.15, 0.2) is 23.1 Å². The van der Waals surface area contributed by atoms with Gasteiger partial charge in [0.2, 0.25) is 0 Å². The SMILES string of the molecule is CCOc1ccc(N)c(SC(F)(F)F)c1. The molecule has 0 amide bonds. The molecule has 1 aromatic rings. The number of hydrogen-bond donors (Lipinski definition) is 1. The van der Waals surface area contributed by atoms with Gasteiger partial charge in [-0.15, -0.1) is 0 Å². The summed E-state index contributed by atoms with van der Waals surface area (Å²) in [6.07, 6.45) is 0. The molecule has 0 aromatic heterocycles. The molecule has 1 aromatic carbocycles. The number of nitrogens with two attached hydrogens (primary N) is 1. The number of thioether (sulfide) groups is 1. The molecule has 15 heavy (non-hydrogen) atoms. The summed E-state index contributed by atoms with van der Waals surface area (Å²) in [5.41, 5.74) is 1.18. The summed E-state index contributed by atoms with van der Waals surface area (Å²) in [5, 5.41) is 0. The van der Waals surface area contributed by atoms with E-state index in [0.29, 0.717) is 12.4 Å². The molecular formula is C9H10F3NOS. The summed E-state index contributed by atoms with van der Waals surface area (Å²) in [4.78, 5) is -0.0338. The number of benzene rings is 1. The third kappa shape index (κ3) is 3.91. The van der Waals surface area contributed by atoms with E-state index in [9.17, 15) is 13.2 Å². The van der Waals surface area contributed by atoms with Crippen LogP contribution in [-0.4, -0.2) is 12.1 Å². The van der Waals surface area contributed by atoms with Gasteiger partial charge in [-0.2, -0.15) is 13.2 Å². The van der Waals surface area contributed by atoms with Crippen molar-refractivity contribution >= 4 is 17.4 Å². The van der Waals surface area contributed by atoms with E-state index in [4.69, 9.17) is 10.5 Å². The average molecular weight is 237 g/mol. The van der Waals surface area contributed by atoms with Crippen molar-refractivity contribution in [2.24, 2.45) is 0 Å². The van der Waals surface area contributed by atoms with Gasteiger partial charge >= 0.3 is 5.51 Å². The highest BCUT2D eigenvalue weighted by molar-refractivity contribution is 8.00. The molecule has 0 atom stereocenters. The first kappa shape index (κ1) is 12.0. The molecule has 0 aliphatic rings. The monoisotopic (exact) mass is 237 g/mol. The van der Waals surface area contributed by atoms with E-state index < -0.39 is 5.51 Å². The number of alkyl halides is 3. The zero-order valence-electron chi connectivity index (χ0n) is 7.97. The molecule has 0 heterocycles. The fourth-order valence-electron chi connectivity index (χ4n) is 0.984. The summed E-state index contributed by atoms with van der Waals surface area (Å²) in [7, 11) is 0. The highest BCUT2D eigenvalue weighted by Gasteiger charge is 2.30. The minimum atomic E-state index is -4.33. The second-order valence-electron chi connectivity index (χ2n) is 2.68. The van der Waals surface area contributed by atoms with Gasteiger partial charge in [0.15, 0.2) is 0 Å². The lowest BCUT2D eigenvalue weighted by Gasteiger charge is -2.10. The first-order chi connectivity index (χ1) is 6.92. The van der Waals surface area contributed by atoms with Crippen LogP contribution in [0.3, 0.4) is 0 Å². The maximum absolute atomic E-state index is 12.1. The quantitative estimate of drug-likeness (QED) is 0.647. The van der Waals surface area contributed by atoms with E-state index in [1.54, 1.807) is 13.0 Å². The van der Waals surface area contributed by atoms with Crippen LogP contribution in [0.5, 0.6) is 5.75 Å². The standard InChI is InChI=1S/C9H10F3NOS/c1-2-14-6-3-4-7(13)8(5-6)15-9(10,11)12/h3-5H,2,13H2,1H3. The summed E-state index contributed by atoms with van der Waals surface area (Å²) >= 11 is -0.238. The van der Waals surface area contributed by atoms with Crippen LogP contribution in [-0.2, 0) is 0 Å². The molecule has 0 fully saturated rings. The fraction of sp³-hybridized carbons (Fsp3) is 0.333. The summed E-state index contributed by atoms with van der Waals surface area (Å²) in [6, 6.07) is 4.23. The van der Waals surface area contributed by atoms with E-state index in [2.05, 4.69) is 0 Å². The number of nitrogen functional groups attached to an aromatic ring is 1. The molecule has 0 saturated heterocycles. The first-order valence-corrected chi connectivity index (χ1v) is 5.02. The Bertz CT molecular complexity index is 341. The molecule has 84 valence electrons. The van der Waals surface area contributed by atoms with Crippen molar-refractivity contribution in [1.29, 1.82) is 0 Å². The zero-order valence-corrected chi connectivity index (χ0v) is 8.78. The Hall–Kier alpha value is -1.04. The van der Waals surface area contributed by atoms with Gasteiger partial charge in [-0.05, 0) is 36.9 Å². The largest absolute Gasteiger partial charge is 0.494 e. The second kappa shape index (κ2) is 4.65. The zero-order chi connectivity index (χ0) is 11.5. The molecule has 0 aliphatic carbocycles. The molecule has 2 N–H and O–H groups in total. The molecule has 0 aliphatic heterocycles. The molecule has 6 heteroatoms. The van der Waals surface area contributed by atoms with E-state index in [1.165, 1.54) is 12.1 Å². The van der Waals surface area contributed by atoms with Crippen LogP contribution in [0.2, 0.25) is 0 Å². The van der Waals surface area contributed by atoms with Crippen molar-refractivity contribution in [2.45, 2.75) is 17.3 Å². The number of anilines is 1. The molecule has 1 rings (SSSR count). The van der Waals surface area contributed by atoms with Gasteiger partial charge in [0.25, 0.3) is 0 Å². The Balaban J connectivity index is 2.90. The summed E-state index contributed by atoms with van der Waals surface area (Å²) < 4.78 is 41.4. The Morgan fingerprint density at radius 2 is 2.07 bits per heavy atom. The molecular weight excluding hydrogens is 227 g/mol. The topological polar surface area (TPSA) is 35.2 Å². The number of rotatable bonds is 3. The van der Waals surface area contributed by atoms with Crippen LogP contribution >= 0.6 is 11.8 Å². The van der Waals surface area contributed by atoms with Crippen molar-refractivity contribution in [1.82, 2.24) is 0 Å². The van der Waals surface area contributed by atoms with Gasteiger partial charge in [0.1, 0.15) is 5.75 Å². The molecule has 0 radical (unpaired) electrons. The highest BCUT2D eigenvalue weighted by Crippen LogP contribution is 2.40. The number of hydrogen-bond acceptors (Lipinski definition) is 3. The second-order valence-corrected chi connectivity index (χ2v) is 3.79. The van der Waals surface area contributed by atoms with E-state index in [-0.39, 0.29) is 22.3 Å². The fourth-order valence-corrected chi connectivity index (χ4v) is 1.59. The van der Waals surface area contributed by atoms with Crippen molar-refractivity contribution in [3.05, 3.63) is 18.2 Å². The smallest absolute Gasteiger partial charge is 0.446 e. The number of halogens is 3. The predicted molar refractivity (Wildman–Crippen MR) is 53.9 cm³/mol. The number of ether oxygens (including phenoxy) is 1. The van der Waals surface area contributed by atoms with E-state index in [0.717, 1.165) is 0 Å². The Morgan fingerprint density at radius 1 is 1.40 bits per heavy atom. The van der Waals surface area contributed by atoms with Gasteiger partial charge in [0.05, 0.1) is 6.61 Å². The van der Waals surface area contributed by atoms with Crippen LogP contribution in [0.1, 0.15) is 6.92 Å². The summed E-state index contributed by atoms with van der Waals surface area (Å²) in [6.45, 7) is 2.16. The highest BCUT2D eigenvalue weighted by atomic mass is 32.2. The van der Waals surface area contributed by atoms with Crippen molar-refractivity contribution in [3.8, 4) is 5.75 Å². The maximum Gasteiger partial charge on any atom is 0.446 e. The lowest BCUT2D eigenvalue weighted by Crippen LogP contribution is -2.01. The lowest BCUT2D eigenvalue weighted by atomic mass is 10.3. The Kier molecular flexibility index (Phi) is 3.73.